The monoisotopic (exact) mass is 452 g/mol. The fourth-order valence-electron chi connectivity index (χ4n) is 0. The van der Waals surface area contributed by atoms with Crippen molar-refractivity contribution in [3.8, 4) is 16.0 Å². The van der Waals surface area contributed by atoms with Crippen molar-refractivity contribution in [3.63, 3.8) is 0 Å². The molecule has 0 spiro atoms. The van der Waals surface area contributed by atoms with E-state index in [0.717, 1.165) is 0 Å². The average Bonchev–Trinajstić information content (AvgIpc) is 2.16. The molecule has 0 N–H and O–H groups in total. The Bertz CT molecular complexity index is 165. The van der Waals surface area contributed by atoms with E-state index in [1.54, 1.807) is 0 Å². The Labute approximate surface area is 118 Å². The van der Waals surface area contributed by atoms with Crippen LogP contribution >= 0.6 is 25.3 Å². The van der Waals surface area contributed by atoms with Crippen LogP contribution in [0.25, 0.3) is 0 Å². The third-order valence-electron chi connectivity index (χ3n) is 0.327. The van der Waals surface area contributed by atoms with Gasteiger partial charge in [0.05, 0.1) is 0 Å². The molecule has 0 amide bonds. The van der Waals surface area contributed by atoms with Gasteiger partial charge in [-0.3, -0.25) is 0 Å². The summed E-state index contributed by atoms with van der Waals surface area (Å²) in [5.41, 5.74) is 0. The molecule has 0 fully saturated rings. The minimum atomic E-state index is -0.532. The van der Waals surface area contributed by atoms with Crippen molar-refractivity contribution in [1.29, 1.82) is 0 Å². The standard InChI is InChI=1S/C4H6.2C3H9P.C2H3.ClH.W/c1-3-4-2;2*1-4(2)3;1-2;;/h1-2H3;2*1-3H3;1H3;1H;/q;;;;;+1/p-1. The van der Waals surface area contributed by atoms with Crippen LogP contribution in [0.1, 0.15) is 20.8 Å². The third kappa shape index (κ3) is 302. The molecule has 0 atom stereocenters. The summed E-state index contributed by atoms with van der Waals surface area (Å²) < 4.78 is 2.86. The second-order valence-corrected chi connectivity index (χ2v) is 12.1. The summed E-state index contributed by atoms with van der Waals surface area (Å²) in [7, 11) is 6.00. The molecule has 0 saturated carbocycles. The Morgan fingerprint density at radius 2 is 0.875 bits per heavy atom. The van der Waals surface area contributed by atoms with Gasteiger partial charge >= 0.3 is 37.4 Å². The van der Waals surface area contributed by atoms with Gasteiger partial charge in [0.2, 0.25) is 0 Å². The molecule has 0 saturated heterocycles. The van der Waals surface area contributed by atoms with Crippen molar-refractivity contribution in [2.75, 3.05) is 40.0 Å². The van der Waals surface area contributed by atoms with Gasteiger partial charge in [0.25, 0.3) is 0 Å². The Morgan fingerprint density at radius 1 is 0.750 bits per heavy atom. The third-order valence-corrected chi connectivity index (χ3v) is 2.14. The summed E-state index contributed by atoms with van der Waals surface area (Å²) in [4.78, 5) is 0. The molecule has 98 valence electrons. The summed E-state index contributed by atoms with van der Waals surface area (Å²) in [6.07, 6.45) is 0. The normalized spacial score (nSPS) is 6.50. The van der Waals surface area contributed by atoms with E-state index in [-0.39, 0.29) is 0 Å². The fourth-order valence-corrected chi connectivity index (χ4v) is 0. The predicted octanol–water partition coefficient (Wildman–Crippen LogP) is 4.95. The first-order valence-electron chi connectivity index (χ1n) is 4.79. The molecular weight excluding hydrogens is 425 g/mol. The fraction of sp³-hybridized carbons (Fsp3) is 0.750. The molecule has 16 heavy (non-hydrogen) atoms. The SMILES string of the molecule is CC#CC.CP(C)C.CP(C)C.C[C]#[W][Cl]. The van der Waals surface area contributed by atoms with E-state index in [4.69, 9.17) is 9.42 Å². The van der Waals surface area contributed by atoms with E-state index in [1.165, 1.54) is 0 Å². The van der Waals surface area contributed by atoms with Gasteiger partial charge in [-0.05, 0) is 53.8 Å². The van der Waals surface area contributed by atoms with Crippen LogP contribution in [-0.2, 0) is 16.9 Å². The van der Waals surface area contributed by atoms with Gasteiger partial charge < -0.3 is 0 Å². The zero-order valence-electron chi connectivity index (χ0n) is 12.2. The van der Waals surface area contributed by atoms with E-state index >= 15 is 0 Å². The number of hydrogen-bond acceptors (Lipinski definition) is 0. The van der Waals surface area contributed by atoms with Gasteiger partial charge in [-0.25, -0.2) is 0 Å². The molecule has 0 aliphatic rings. The van der Waals surface area contributed by atoms with Crippen LogP contribution in [0.4, 0.5) is 0 Å². The van der Waals surface area contributed by atoms with Crippen molar-refractivity contribution in [3.05, 3.63) is 0 Å². The van der Waals surface area contributed by atoms with Crippen molar-refractivity contribution < 1.29 is 16.9 Å². The van der Waals surface area contributed by atoms with Crippen LogP contribution in [0, 0.1) is 16.0 Å². The Balaban J connectivity index is -0.0000000600. The van der Waals surface area contributed by atoms with Crippen LogP contribution in [-0.4, -0.2) is 40.0 Å². The van der Waals surface area contributed by atoms with Crippen LogP contribution in [0.3, 0.4) is 0 Å². The molecule has 0 heterocycles. The first-order valence-corrected chi connectivity index (χ1v) is 15.3. The molecule has 0 aliphatic carbocycles. The molecule has 0 aliphatic heterocycles. The quantitative estimate of drug-likeness (QED) is 0.361. The summed E-state index contributed by atoms with van der Waals surface area (Å²) >= 11 is -0.532. The minimum absolute atomic E-state index is 0.380. The maximum absolute atomic E-state index is 5.24. The van der Waals surface area contributed by atoms with Gasteiger partial charge in [0, 0.05) is 0 Å². The molecule has 0 aromatic heterocycles. The second-order valence-electron chi connectivity index (χ2n) is 3.46. The Morgan fingerprint density at radius 3 is 0.875 bits per heavy atom. The molecule has 0 radical (unpaired) electrons. The van der Waals surface area contributed by atoms with Crippen molar-refractivity contribution >= 4 is 25.3 Å². The van der Waals surface area contributed by atoms with Crippen LogP contribution in [0.5, 0.6) is 0 Å². The van der Waals surface area contributed by atoms with Crippen molar-refractivity contribution in [2.45, 2.75) is 20.8 Å². The molecule has 0 rings (SSSR count). The molecule has 0 nitrogen and oxygen atoms in total. The second kappa shape index (κ2) is 29.8. The average molecular weight is 453 g/mol. The summed E-state index contributed by atoms with van der Waals surface area (Å²) in [5, 5.41) is 0. The molecule has 0 bridgehead atoms. The van der Waals surface area contributed by atoms with Gasteiger partial charge in [-0.15, -0.1) is 27.7 Å². The molecule has 0 aromatic rings. The predicted molar refractivity (Wildman–Crippen MR) is 83.9 cm³/mol. The molecule has 4 heteroatoms. The van der Waals surface area contributed by atoms with Gasteiger partial charge in [-0.2, -0.15) is 0 Å². The van der Waals surface area contributed by atoms with E-state index in [2.05, 4.69) is 56.0 Å². The Kier molecular flexibility index (Phi) is 48.3. The van der Waals surface area contributed by atoms with Crippen molar-refractivity contribution in [2.24, 2.45) is 0 Å². The van der Waals surface area contributed by atoms with Crippen molar-refractivity contribution in [1.82, 2.24) is 0 Å². The van der Waals surface area contributed by atoms with Gasteiger partial charge in [0.1, 0.15) is 0 Å². The van der Waals surface area contributed by atoms with Gasteiger partial charge in [-0.1, -0.05) is 0 Å². The summed E-state index contributed by atoms with van der Waals surface area (Å²) in [6.45, 7) is 18.9. The van der Waals surface area contributed by atoms with Crippen LogP contribution in [0.15, 0.2) is 0 Å². The first-order chi connectivity index (χ1) is 7.29. The molecule has 0 aromatic carbocycles. The van der Waals surface area contributed by atoms with E-state index in [0.29, 0.717) is 15.8 Å². The maximum atomic E-state index is 5.24. The molecule has 0 unspecified atom stereocenters. The van der Waals surface area contributed by atoms with E-state index in [1.807, 2.05) is 20.8 Å². The molecular formula is C12H27ClP2W. The summed E-state index contributed by atoms with van der Waals surface area (Å²) in [5.74, 6) is 5.36. The number of rotatable bonds is 0. The zero-order valence-corrected chi connectivity index (χ0v) is 17.7. The number of hydrogen-bond donors (Lipinski definition) is 0. The number of halogens is 1. The topological polar surface area (TPSA) is 0 Å². The van der Waals surface area contributed by atoms with Crippen LogP contribution < -0.4 is 0 Å². The first kappa shape index (κ1) is 25.9. The van der Waals surface area contributed by atoms with E-state index in [9.17, 15) is 0 Å². The Hall–Kier alpha value is 1.18. The van der Waals surface area contributed by atoms with Gasteiger partial charge in [0.15, 0.2) is 0 Å². The summed E-state index contributed by atoms with van der Waals surface area (Å²) in [6, 6.07) is 0. The zero-order chi connectivity index (χ0) is 14.0. The van der Waals surface area contributed by atoms with Crippen LogP contribution in [0.2, 0.25) is 0 Å². The van der Waals surface area contributed by atoms with E-state index < -0.39 is 16.9 Å².